The second kappa shape index (κ2) is 13.6. The van der Waals surface area contributed by atoms with Crippen molar-refractivity contribution in [1.82, 2.24) is 9.03 Å². The maximum atomic E-state index is 13.1. The van der Waals surface area contributed by atoms with Gasteiger partial charge in [0, 0.05) is 18.8 Å². The van der Waals surface area contributed by atoms with E-state index in [2.05, 4.69) is 30.0 Å². The van der Waals surface area contributed by atoms with Crippen LogP contribution in [0.3, 0.4) is 0 Å². The Balaban J connectivity index is 3.49. The molecule has 1 saturated heterocycles. The van der Waals surface area contributed by atoms with Gasteiger partial charge in [-0.25, -0.2) is 0 Å². The molecule has 1 aliphatic rings. The van der Waals surface area contributed by atoms with Crippen LogP contribution in [0.5, 0.6) is 0 Å². The first-order chi connectivity index (χ1) is 14.9. The van der Waals surface area contributed by atoms with E-state index < -0.39 is 10.2 Å². The van der Waals surface area contributed by atoms with Crippen LogP contribution in [0.4, 0.5) is 0 Å². The minimum atomic E-state index is -3.71. The van der Waals surface area contributed by atoms with Crippen LogP contribution in [-0.2, 0) is 10.2 Å². The van der Waals surface area contributed by atoms with Gasteiger partial charge >= 0.3 is 10.2 Å². The van der Waals surface area contributed by atoms with Crippen LogP contribution in [0.1, 0.15) is 40.5 Å². The number of rotatable bonds is 10. The van der Waals surface area contributed by atoms with Crippen molar-refractivity contribution in [3.8, 4) is 0 Å². The molecule has 0 aromatic carbocycles. The largest absolute Gasteiger partial charge is 0.301 e. The van der Waals surface area contributed by atoms with Crippen molar-refractivity contribution in [2.75, 3.05) is 13.1 Å². The summed E-state index contributed by atoms with van der Waals surface area (Å²) in [6.07, 6.45) is 22.3. The van der Waals surface area contributed by atoms with Crippen LogP contribution in [-0.4, -0.2) is 25.8 Å². The molecule has 4 nitrogen and oxygen atoms in total. The van der Waals surface area contributed by atoms with Gasteiger partial charge in [-0.05, 0) is 75.0 Å². The molecule has 168 valence electrons. The topological polar surface area (TPSA) is 49.4 Å². The van der Waals surface area contributed by atoms with Crippen molar-refractivity contribution in [3.63, 3.8) is 0 Å². The number of piperidine rings is 1. The molecule has 0 aromatic heterocycles. The van der Waals surface area contributed by atoms with E-state index in [0.717, 1.165) is 35.1 Å². The van der Waals surface area contributed by atoms with Gasteiger partial charge < -0.3 is 0 Å². The third-order valence-electron chi connectivity index (χ3n) is 4.76. The maximum absolute atomic E-state index is 13.1. The number of allylic oxidation sites excluding steroid dienone is 14. The van der Waals surface area contributed by atoms with Gasteiger partial charge in [-0.15, -0.1) is 0 Å². The van der Waals surface area contributed by atoms with E-state index in [4.69, 9.17) is 0 Å². The molecule has 5 heteroatoms. The maximum Gasteiger partial charge on any atom is 0.301 e. The molecule has 31 heavy (non-hydrogen) atoms. The highest BCUT2D eigenvalue weighted by molar-refractivity contribution is 7.87. The second-order valence-corrected chi connectivity index (χ2v) is 8.65. The Labute approximate surface area is 189 Å². The minimum Gasteiger partial charge on any atom is -0.271 e. The van der Waals surface area contributed by atoms with Gasteiger partial charge in [0.25, 0.3) is 0 Å². The molecule has 0 atom stereocenters. The van der Waals surface area contributed by atoms with Crippen molar-refractivity contribution in [2.45, 2.75) is 40.5 Å². The predicted molar refractivity (Wildman–Crippen MR) is 135 cm³/mol. The molecule has 1 fully saturated rings. The summed E-state index contributed by atoms with van der Waals surface area (Å²) in [6, 6.07) is 0. The van der Waals surface area contributed by atoms with E-state index in [1.165, 1.54) is 10.4 Å². The molecule has 1 N–H and O–H groups in total. The molecule has 1 aliphatic heterocycles. The number of nitrogens with one attached hydrogen (secondary N) is 1. The zero-order valence-electron chi connectivity index (χ0n) is 19.3. The summed E-state index contributed by atoms with van der Waals surface area (Å²) >= 11 is 0. The van der Waals surface area contributed by atoms with Crippen LogP contribution < -0.4 is 4.72 Å². The van der Waals surface area contributed by atoms with Crippen molar-refractivity contribution in [3.05, 3.63) is 108 Å². The lowest BCUT2D eigenvalue weighted by Crippen LogP contribution is -2.43. The quantitative estimate of drug-likeness (QED) is 0.419. The smallest absolute Gasteiger partial charge is 0.271 e. The molecular formula is C26H36N2O2S. The average Bonchev–Trinajstić information content (AvgIpc) is 2.76. The zero-order valence-corrected chi connectivity index (χ0v) is 20.1. The summed E-state index contributed by atoms with van der Waals surface area (Å²) in [5, 5.41) is 0. The Morgan fingerprint density at radius 1 is 1.00 bits per heavy atom. The van der Waals surface area contributed by atoms with E-state index in [1.54, 1.807) is 18.2 Å². The molecular weight excluding hydrogens is 404 g/mol. The van der Waals surface area contributed by atoms with Gasteiger partial charge in [-0.2, -0.15) is 12.7 Å². The van der Waals surface area contributed by atoms with Gasteiger partial charge in [-0.1, -0.05) is 67.8 Å². The highest BCUT2D eigenvalue weighted by atomic mass is 32.2. The highest BCUT2D eigenvalue weighted by Gasteiger charge is 2.28. The van der Waals surface area contributed by atoms with Gasteiger partial charge in [0.2, 0.25) is 0 Å². The molecule has 0 unspecified atom stereocenters. The first-order valence-electron chi connectivity index (χ1n) is 10.6. The SMILES string of the molecule is C=C/C=C(\C=C/C)C(/C(/C=C\C)=C/C)=C1\CCCN(S(=O)(=O)N/C(C=C)=C/C=C\C)C1. The van der Waals surface area contributed by atoms with Crippen LogP contribution in [0, 0.1) is 0 Å². The third kappa shape index (κ3) is 7.85. The first kappa shape index (κ1) is 26.4. The molecule has 0 aliphatic carbocycles. The lowest BCUT2D eigenvalue weighted by molar-refractivity contribution is 0.389. The molecule has 0 saturated carbocycles. The van der Waals surface area contributed by atoms with E-state index in [9.17, 15) is 8.42 Å². The standard InChI is InChI=1S/C26H36N2O2S/c1-7-13-19-25(12-6)27-31(29,30)28-20-14-18-24(21-28)26(22(11-5)15-8-2)23(16-9-3)17-10-4/h7-13,15-17,19,27H,3,6,14,18,20-21H2,1-2,4-5H3/b13-7-,15-8-,17-10-,22-11+,23-16+,25-19+,26-24+. The fourth-order valence-electron chi connectivity index (χ4n) is 3.41. The molecule has 0 amide bonds. The van der Waals surface area contributed by atoms with Crippen molar-refractivity contribution in [1.29, 1.82) is 0 Å². The second-order valence-electron chi connectivity index (χ2n) is 6.98. The molecule has 0 radical (unpaired) electrons. The van der Waals surface area contributed by atoms with Gasteiger partial charge in [0.1, 0.15) is 0 Å². The Kier molecular flexibility index (Phi) is 11.6. The minimum absolute atomic E-state index is 0.333. The lowest BCUT2D eigenvalue weighted by atomic mass is 9.88. The van der Waals surface area contributed by atoms with E-state index in [1.807, 2.05) is 58.1 Å². The molecule has 0 aromatic rings. The molecule has 0 bridgehead atoms. The first-order valence-corrected chi connectivity index (χ1v) is 12.0. The van der Waals surface area contributed by atoms with E-state index in [0.29, 0.717) is 18.8 Å². The van der Waals surface area contributed by atoms with E-state index >= 15 is 0 Å². The normalized spacial score (nSPS) is 19.4. The van der Waals surface area contributed by atoms with Crippen LogP contribution in [0.15, 0.2) is 108 Å². The fraction of sp³-hybridized carbons (Fsp3) is 0.308. The lowest BCUT2D eigenvalue weighted by Gasteiger charge is -2.30. The average molecular weight is 441 g/mol. The molecule has 0 spiro atoms. The Morgan fingerprint density at radius 3 is 2.23 bits per heavy atom. The van der Waals surface area contributed by atoms with Crippen molar-refractivity contribution < 1.29 is 8.42 Å². The zero-order chi connectivity index (χ0) is 23.3. The van der Waals surface area contributed by atoms with E-state index in [-0.39, 0.29) is 0 Å². The summed E-state index contributed by atoms with van der Waals surface area (Å²) < 4.78 is 30.3. The summed E-state index contributed by atoms with van der Waals surface area (Å²) in [6.45, 7) is 16.2. The third-order valence-corrected chi connectivity index (χ3v) is 6.25. The van der Waals surface area contributed by atoms with Crippen molar-refractivity contribution >= 4 is 10.2 Å². The number of hydrogen-bond donors (Lipinski definition) is 1. The number of nitrogens with zero attached hydrogens (tertiary/aromatic N) is 1. The molecule has 1 heterocycles. The van der Waals surface area contributed by atoms with Crippen LogP contribution >= 0.6 is 0 Å². The van der Waals surface area contributed by atoms with Gasteiger partial charge in [0.05, 0.1) is 0 Å². The summed E-state index contributed by atoms with van der Waals surface area (Å²) in [4.78, 5) is 0. The molecule has 1 rings (SSSR count). The predicted octanol–water partition coefficient (Wildman–Crippen LogP) is 6.07. The van der Waals surface area contributed by atoms with Crippen LogP contribution in [0.25, 0.3) is 0 Å². The van der Waals surface area contributed by atoms with Crippen LogP contribution in [0.2, 0.25) is 0 Å². The number of hydrogen-bond acceptors (Lipinski definition) is 2. The summed E-state index contributed by atoms with van der Waals surface area (Å²) in [5.74, 6) is 0. The monoisotopic (exact) mass is 440 g/mol. The Bertz CT molecular complexity index is 955. The Hall–Kier alpha value is -2.63. The fourth-order valence-corrected chi connectivity index (χ4v) is 4.69. The van der Waals surface area contributed by atoms with Gasteiger partial charge in [0.15, 0.2) is 0 Å². The highest BCUT2D eigenvalue weighted by Crippen LogP contribution is 2.31. The van der Waals surface area contributed by atoms with Gasteiger partial charge in [-0.3, -0.25) is 4.72 Å². The Morgan fingerprint density at radius 2 is 1.68 bits per heavy atom. The summed E-state index contributed by atoms with van der Waals surface area (Å²) in [7, 11) is -3.71. The summed E-state index contributed by atoms with van der Waals surface area (Å²) in [5.41, 5.74) is 4.68. The van der Waals surface area contributed by atoms with Crippen molar-refractivity contribution in [2.24, 2.45) is 0 Å².